The highest BCUT2D eigenvalue weighted by atomic mass is 32.3. The average Bonchev–Trinajstić information content (AvgIpc) is 2.18. The minimum Gasteiger partial charge on any atom is -0.377 e. The van der Waals surface area contributed by atoms with Gasteiger partial charge >= 0.3 is 10.4 Å². The van der Waals surface area contributed by atoms with Crippen LogP contribution in [0.5, 0.6) is 0 Å². The van der Waals surface area contributed by atoms with Crippen molar-refractivity contribution < 1.29 is 39.2 Å². The van der Waals surface area contributed by atoms with E-state index in [0.29, 0.717) is 0 Å². The monoisotopic (exact) mass is 294 g/mol. The molecule has 0 atom stereocenters. The van der Waals surface area contributed by atoms with E-state index in [4.69, 9.17) is 14.0 Å². The van der Waals surface area contributed by atoms with Crippen molar-refractivity contribution in [2.24, 2.45) is 0 Å². The molecule has 0 heterocycles. The fraction of sp³-hybridized carbons (Fsp3) is 1.00. The maximum absolute atomic E-state index is 10.1. The zero-order chi connectivity index (χ0) is 13.1. The molecular weight excluding hydrogens is 280 g/mol. The lowest BCUT2D eigenvalue weighted by Crippen LogP contribution is -2.13. The van der Waals surface area contributed by atoms with Crippen molar-refractivity contribution in [2.75, 3.05) is 39.6 Å². The number of hydrogen-bond donors (Lipinski definition) is 2. The molecule has 17 heavy (non-hydrogen) atoms. The molecule has 9 nitrogen and oxygen atoms in total. The first-order chi connectivity index (χ1) is 7.92. The standard InChI is InChI=1S/C6H14O9S2/c7-16(8)14-5-3-12-1-2-13-4-6-15-17(9,10)11/h16H,1-6H2,(H,9,10,11). The molecule has 0 aliphatic heterocycles. The summed E-state index contributed by atoms with van der Waals surface area (Å²) in [5.74, 6) is 0. The van der Waals surface area contributed by atoms with Crippen LogP contribution in [0.3, 0.4) is 0 Å². The van der Waals surface area contributed by atoms with E-state index in [1.54, 1.807) is 0 Å². The molecule has 0 aromatic carbocycles. The Balaban J connectivity index is 3.14. The molecule has 0 spiro atoms. The number of rotatable bonds is 11. The van der Waals surface area contributed by atoms with Crippen LogP contribution in [0, 0.1) is 0 Å². The summed E-state index contributed by atoms with van der Waals surface area (Å²) in [5, 5.41) is 0. The van der Waals surface area contributed by atoms with Crippen LogP contribution in [0.25, 0.3) is 0 Å². The molecule has 0 amide bonds. The zero-order valence-electron chi connectivity index (χ0n) is 8.81. The molecule has 0 radical (unpaired) electrons. The van der Waals surface area contributed by atoms with Gasteiger partial charge in [0.1, 0.15) is 0 Å². The third-order valence-electron chi connectivity index (χ3n) is 1.26. The SMILES string of the molecule is O=[SH](=O)OCCOCCOCCOS(=O)(=O)O. The first kappa shape index (κ1) is 16.7. The van der Waals surface area contributed by atoms with Crippen LogP contribution in [-0.2, 0) is 39.2 Å². The normalized spacial score (nSPS) is 12.1. The van der Waals surface area contributed by atoms with Crippen LogP contribution in [0.4, 0.5) is 0 Å². The smallest absolute Gasteiger partial charge is 0.377 e. The summed E-state index contributed by atoms with van der Waals surface area (Å²) in [5.41, 5.74) is 0. The van der Waals surface area contributed by atoms with Crippen LogP contribution in [0.2, 0.25) is 0 Å². The Bertz CT molecular complexity index is 338. The van der Waals surface area contributed by atoms with Crippen molar-refractivity contribution in [3.05, 3.63) is 0 Å². The lowest BCUT2D eigenvalue weighted by atomic mass is 10.7. The molecule has 0 saturated carbocycles. The summed E-state index contributed by atoms with van der Waals surface area (Å²) in [7, 11) is -7.27. The topological polar surface area (TPSA) is 125 Å². The van der Waals surface area contributed by atoms with Crippen molar-refractivity contribution in [2.45, 2.75) is 0 Å². The van der Waals surface area contributed by atoms with E-state index in [-0.39, 0.29) is 39.6 Å². The Morgan fingerprint density at radius 2 is 1.35 bits per heavy atom. The van der Waals surface area contributed by atoms with Crippen molar-refractivity contribution in [3.8, 4) is 0 Å². The molecule has 104 valence electrons. The maximum Gasteiger partial charge on any atom is 0.397 e. The second kappa shape index (κ2) is 9.70. The highest BCUT2D eigenvalue weighted by Crippen LogP contribution is 1.86. The van der Waals surface area contributed by atoms with Crippen molar-refractivity contribution >= 4 is 21.4 Å². The largest absolute Gasteiger partial charge is 0.397 e. The summed E-state index contributed by atoms with van der Waals surface area (Å²) >= 11 is 0. The van der Waals surface area contributed by atoms with E-state index in [1.807, 2.05) is 0 Å². The van der Waals surface area contributed by atoms with E-state index >= 15 is 0 Å². The van der Waals surface area contributed by atoms with E-state index in [2.05, 4.69) is 8.37 Å². The third kappa shape index (κ3) is 15.7. The minimum atomic E-state index is -4.42. The van der Waals surface area contributed by atoms with Gasteiger partial charge in [-0.2, -0.15) is 8.42 Å². The summed E-state index contributed by atoms with van der Waals surface area (Å²) in [4.78, 5) is 0. The maximum atomic E-state index is 10.1. The van der Waals surface area contributed by atoms with Gasteiger partial charge in [-0.25, -0.2) is 12.6 Å². The molecular formula is C6H14O9S2. The van der Waals surface area contributed by atoms with Crippen LogP contribution in [-0.4, -0.2) is 61.0 Å². The highest BCUT2D eigenvalue weighted by molar-refractivity contribution is 7.80. The molecule has 0 aromatic heterocycles. The fourth-order valence-electron chi connectivity index (χ4n) is 0.691. The van der Waals surface area contributed by atoms with Gasteiger partial charge in [-0.05, 0) is 0 Å². The van der Waals surface area contributed by atoms with Gasteiger partial charge in [0, 0.05) is 0 Å². The van der Waals surface area contributed by atoms with Crippen molar-refractivity contribution in [1.29, 1.82) is 0 Å². The van der Waals surface area contributed by atoms with Crippen LogP contribution < -0.4 is 0 Å². The molecule has 1 N–H and O–H groups in total. The summed E-state index contributed by atoms with van der Waals surface area (Å²) in [6.07, 6.45) is 0. The Morgan fingerprint density at radius 3 is 1.82 bits per heavy atom. The molecule has 11 heteroatoms. The molecule has 0 aromatic rings. The van der Waals surface area contributed by atoms with E-state index < -0.39 is 21.4 Å². The van der Waals surface area contributed by atoms with E-state index in [0.717, 1.165) is 0 Å². The highest BCUT2D eigenvalue weighted by Gasteiger charge is 2.02. The van der Waals surface area contributed by atoms with Gasteiger partial charge in [-0.1, -0.05) is 0 Å². The Labute approximate surface area is 101 Å². The molecule has 0 unspecified atom stereocenters. The zero-order valence-corrected chi connectivity index (χ0v) is 10.5. The molecule has 0 saturated heterocycles. The molecule has 0 bridgehead atoms. The number of hydrogen-bond acceptors (Lipinski definition) is 8. The summed E-state index contributed by atoms with van der Waals surface area (Å²) in [6, 6.07) is 0. The fourth-order valence-corrected chi connectivity index (χ4v) is 1.19. The second-order valence-corrected chi connectivity index (χ2v) is 4.33. The number of ether oxygens (including phenoxy) is 2. The Morgan fingerprint density at radius 1 is 0.882 bits per heavy atom. The van der Waals surface area contributed by atoms with Gasteiger partial charge in [0.15, 0.2) is 0 Å². The second-order valence-electron chi connectivity index (χ2n) is 2.53. The van der Waals surface area contributed by atoms with Crippen LogP contribution >= 0.6 is 0 Å². The quantitative estimate of drug-likeness (QED) is 0.263. The van der Waals surface area contributed by atoms with Gasteiger partial charge < -0.3 is 9.47 Å². The molecule has 0 aliphatic carbocycles. The van der Waals surface area contributed by atoms with Crippen LogP contribution in [0.15, 0.2) is 0 Å². The van der Waals surface area contributed by atoms with Gasteiger partial charge in [-0.3, -0.25) is 8.74 Å². The van der Waals surface area contributed by atoms with Crippen molar-refractivity contribution in [1.82, 2.24) is 0 Å². The van der Waals surface area contributed by atoms with Gasteiger partial charge in [-0.15, -0.1) is 0 Å². The minimum absolute atomic E-state index is 0.0218. The Kier molecular flexibility index (Phi) is 9.53. The predicted molar refractivity (Wildman–Crippen MR) is 55.4 cm³/mol. The molecule has 0 fully saturated rings. The average molecular weight is 294 g/mol. The van der Waals surface area contributed by atoms with Gasteiger partial charge in [0.05, 0.1) is 39.6 Å². The molecule has 0 rings (SSSR count). The van der Waals surface area contributed by atoms with Gasteiger partial charge in [0.2, 0.25) is 0 Å². The number of thiol groups is 1. The summed E-state index contributed by atoms with van der Waals surface area (Å²) in [6.45, 7) is 0.104. The Hall–Kier alpha value is -0.300. The third-order valence-corrected chi connectivity index (χ3v) is 2.11. The lowest BCUT2D eigenvalue weighted by Gasteiger charge is -2.04. The predicted octanol–water partition coefficient (Wildman–Crippen LogP) is -1.62. The van der Waals surface area contributed by atoms with E-state index in [1.165, 1.54) is 0 Å². The van der Waals surface area contributed by atoms with Gasteiger partial charge in [0.25, 0.3) is 11.0 Å². The van der Waals surface area contributed by atoms with Crippen LogP contribution in [0.1, 0.15) is 0 Å². The first-order valence-corrected chi connectivity index (χ1v) is 6.92. The first-order valence-electron chi connectivity index (χ1n) is 4.46. The van der Waals surface area contributed by atoms with Crippen molar-refractivity contribution in [3.63, 3.8) is 0 Å². The molecule has 0 aliphatic rings. The summed E-state index contributed by atoms with van der Waals surface area (Å²) < 4.78 is 66.2. The lowest BCUT2D eigenvalue weighted by molar-refractivity contribution is 0.0279. The van der Waals surface area contributed by atoms with E-state index in [9.17, 15) is 16.8 Å².